The van der Waals surface area contributed by atoms with Gasteiger partial charge in [-0.15, -0.1) is 0 Å². The van der Waals surface area contributed by atoms with Crippen molar-refractivity contribution >= 4 is 11.9 Å². The Morgan fingerprint density at radius 1 is 1.37 bits per heavy atom. The van der Waals surface area contributed by atoms with Crippen LogP contribution in [0.2, 0.25) is 0 Å². The van der Waals surface area contributed by atoms with Crippen LogP contribution in [0.5, 0.6) is 0 Å². The van der Waals surface area contributed by atoms with Gasteiger partial charge in [-0.3, -0.25) is 9.59 Å². The average molecular weight is 269 g/mol. The van der Waals surface area contributed by atoms with Gasteiger partial charge in [0, 0.05) is 18.5 Å². The number of carboxylic acid groups (broad SMARTS) is 1. The van der Waals surface area contributed by atoms with Crippen LogP contribution in [-0.4, -0.2) is 47.7 Å². The molecule has 0 aromatic heterocycles. The van der Waals surface area contributed by atoms with Gasteiger partial charge in [0.15, 0.2) is 0 Å². The van der Waals surface area contributed by atoms with Gasteiger partial charge in [0.2, 0.25) is 5.91 Å². The molecular weight excluding hydrogens is 246 g/mol. The molecule has 5 nitrogen and oxygen atoms in total. The van der Waals surface area contributed by atoms with E-state index in [4.69, 9.17) is 9.84 Å². The lowest BCUT2D eigenvalue weighted by Crippen LogP contribution is -2.51. The Labute approximate surface area is 113 Å². The molecule has 108 valence electrons. The molecule has 2 rings (SSSR count). The minimum absolute atomic E-state index is 0.0249. The number of ether oxygens (including phenoxy) is 1. The van der Waals surface area contributed by atoms with Crippen LogP contribution in [0.25, 0.3) is 0 Å². The number of amides is 1. The number of morpholine rings is 1. The average Bonchev–Trinajstić information content (AvgIpc) is 2.87. The van der Waals surface area contributed by atoms with E-state index in [1.807, 2.05) is 4.90 Å². The van der Waals surface area contributed by atoms with Gasteiger partial charge in [-0.2, -0.15) is 0 Å². The number of hydrogen-bond donors (Lipinski definition) is 1. The second-order valence-electron chi connectivity index (χ2n) is 5.68. The summed E-state index contributed by atoms with van der Waals surface area (Å²) in [5.41, 5.74) is -0.189. The Bertz CT molecular complexity index is 349. The van der Waals surface area contributed by atoms with Crippen LogP contribution < -0.4 is 0 Å². The Morgan fingerprint density at radius 2 is 2.05 bits per heavy atom. The summed E-state index contributed by atoms with van der Waals surface area (Å²) in [5, 5.41) is 8.82. The van der Waals surface area contributed by atoms with Crippen molar-refractivity contribution in [1.82, 2.24) is 4.90 Å². The van der Waals surface area contributed by atoms with Crippen molar-refractivity contribution in [3.63, 3.8) is 0 Å². The molecule has 19 heavy (non-hydrogen) atoms. The first-order valence-corrected chi connectivity index (χ1v) is 7.20. The normalized spacial score (nSPS) is 26.4. The highest BCUT2D eigenvalue weighted by molar-refractivity contribution is 5.83. The third-order valence-corrected chi connectivity index (χ3v) is 4.52. The summed E-state index contributed by atoms with van der Waals surface area (Å²) in [6.07, 6.45) is 4.71. The van der Waals surface area contributed by atoms with Crippen molar-refractivity contribution in [1.29, 1.82) is 0 Å². The molecule has 0 radical (unpaired) electrons. The molecule has 0 aromatic carbocycles. The highest BCUT2D eigenvalue weighted by Crippen LogP contribution is 2.42. The SMILES string of the molecule is CCC1(C(=O)N2CCOC(CC(=O)O)C2)CCCC1. The zero-order valence-corrected chi connectivity index (χ0v) is 11.6. The summed E-state index contributed by atoms with van der Waals surface area (Å²) in [4.78, 5) is 25.3. The number of carbonyl (C=O) groups is 2. The van der Waals surface area contributed by atoms with E-state index in [0.29, 0.717) is 19.7 Å². The largest absolute Gasteiger partial charge is 0.481 e. The quantitative estimate of drug-likeness (QED) is 0.843. The molecule has 1 aliphatic carbocycles. The molecular formula is C14H23NO4. The minimum Gasteiger partial charge on any atom is -0.481 e. The number of nitrogens with zero attached hydrogens (tertiary/aromatic N) is 1. The summed E-state index contributed by atoms with van der Waals surface area (Å²) >= 11 is 0. The number of hydrogen-bond acceptors (Lipinski definition) is 3. The monoisotopic (exact) mass is 269 g/mol. The van der Waals surface area contributed by atoms with Crippen molar-refractivity contribution in [3.8, 4) is 0 Å². The van der Waals surface area contributed by atoms with Crippen LogP contribution >= 0.6 is 0 Å². The first kappa shape index (κ1) is 14.3. The second-order valence-corrected chi connectivity index (χ2v) is 5.68. The van der Waals surface area contributed by atoms with Gasteiger partial charge < -0.3 is 14.7 Å². The van der Waals surface area contributed by atoms with Crippen LogP contribution in [0.4, 0.5) is 0 Å². The lowest BCUT2D eigenvalue weighted by atomic mass is 9.81. The van der Waals surface area contributed by atoms with Crippen LogP contribution in [0.3, 0.4) is 0 Å². The lowest BCUT2D eigenvalue weighted by molar-refractivity contribution is -0.154. The number of carboxylic acids is 1. The molecule has 2 fully saturated rings. The van der Waals surface area contributed by atoms with Crippen molar-refractivity contribution in [2.24, 2.45) is 5.41 Å². The van der Waals surface area contributed by atoms with Gasteiger partial charge in [0.05, 0.1) is 19.1 Å². The maximum absolute atomic E-state index is 12.7. The number of aliphatic carboxylic acids is 1. The third-order valence-electron chi connectivity index (χ3n) is 4.52. The molecule has 1 saturated heterocycles. The van der Waals surface area contributed by atoms with E-state index in [0.717, 1.165) is 32.1 Å². The Morgan fingerprint density at radius 3 is 2.63 bits per heavy atom. The molecule has 1 heterocycles. The molecule has 1 atom stereocenters. The van der Waals surface area contributed by atoms with E-state index in [2.05, 4.69) is 6.92 Å². The second kappa shape index (κ2) is 5.90. The highest BCUT2D eigenvalue weighted by atomic mass is 16.5. The number of carbonyl (C=O) groups excluding carboxylic acids is 1. The zero-order chi connectivity index (χ0) is 13.9. The highest BCUT2D eigenvalue weighted by Gasteiger charge is 2.43. The molecule has 0 spiro atoms. The van der Waals surface area contributed by atoms with Crippen LogP contribution in [-0.2, 0) is 14.3 Å². The Kier molecular flexibility index (Phi) is 4.45. The lowest BCUT2D eigenvalue weighted by Gasteiger charge is -2.38. The van der Waals surface area contributed by atoms with Gasteiger partial charge >= 0.3 is 5.97 Å². The maximum Gasteiger partial charge on any atom is 0.306 e. The van der Waals surface area contributed by atoms with E-state index in [1.165, 1.54) is 0 Å². The molecule has 0 aromatic rings. The van der Waals surface area contributed by atoms with E-state index >= 15 is 0 Å². The van der Waals surface area contributed by atoms with Gasteiger partial charge in [0.1, 0.15) is 0 Å². The van der Waals surface area contributed by atoms with E-state index in [9.17, 15) is 9.59 Å². The Hall–Kier alpha value is -1.10. The fourth-order valence-corrected chi connectivity index (χ4v) is 3.33. The summed E-state index contributed by atoms with van der Waals surface area (Å²) in [6.45, 7) is 3.55. The van der Waals surface area contributed by atoms with E-state index in [-0.39, 0.29) is 23.8 Å². The first-order chi connectivity index (χ1) is 9.07. The van der Waals surface area contributed by atoms with Crippen molar-refractivity contribution in [2.75, 3.05) is 19.7 Å². The predicted molar refractivity (Wildman–Crippen MR) is 69.8 cm³/mol. The van der Waals surface area contributed by atoms with Crippen molar-refractivity contribution in [2.45, 2.75) is 51.6 Å². The topological polar surface area (TPSA) is 66.8 Å². The van der Waals surface area contributed by atoms with Crippen molar-refractivity contribution in [3.05, 3.63) is 0 Å². The smallest absolute Gasteiger partial charge is 0.306 e. The van der Waals surface area contributed by atoms with Crippen molar-refractivity contribution < 1.29 is 19.4 Å². The number of rotatable bonds is 4. The maximum atomic E-state index is 12.7. The minimum atomic E-state index is -0.870. The standard InChI is InChI=1S/C14H23NO4/c1-2-14(5-3-4-6-14)13(18)15-7-8-19-11(10-15)9-12(16)17/h11H,2-10H2,1H3,(H,16,17). The van der Waals surface area contributed by atoms with Crippen LogP contribution in [0, 0.1) is 5.41 Å². The predicted octanol–water partition coefficient (Wildman–Crippen LogP) is 1.66. The van der Waals surface area contributed by atoms with Gasteiger partial charge in [-0.1, -0.05) is 19.8 Å². The first-order valence-electron chi connectivity index (χ1n) is 7.20. The molecule has 5 heteroatoms. The molecule has 1 aliphatic heterocycles. The van der Waals surface area contributed by atoms with Gasteiger partial charge in [-0.05, 0) is 19.3 Å². The van der Waals surface area contributed by atoms with Crippen LogP contribution in [0.15, 0.2) is 0 Å². The fraction of sp³-hybridized carbons (Fsp3) is 0.857. The summed E-state index contributed by atoms with van der Waals surface area (Å²) in [7, 11) is 0. The fourth-order valence-electron chi connectivity index (χ4n) is 3.33. The van der Waals surface area contributed by atoms with Crippen LogP contribution in [0.1, 0.15) is 45.4 Å². The molecule has 0 bridgehead atoms. The summed E-state index contributed by atoms with van der Waals surface area (Å²) < 4.78 is 5.42. The molecule has 1 amide bonds. The zero-order valence-electron chi connectivity index (χ0n) is 11.6. The third kappa shape index (κ3) is 3.08. The van der Waals surface area contributed by atoms with Gasteiger partial charge in [-0.25, -0.2) is 0 Å². The molecule has 1 saturated carbocycles. The van der Waals surface area contributed by atoms with Gasteiger partial charge in [0.25, 0.3) is 0 Å². The Balaban J connectivity index is 2.00. The molecule has 2 aliphatic rings. The van der Waals surface area contributed by atoms with E-state index < -0.39 is 5.97 Å². The molecule has 1 N–H and O–H groups in total. The van der Waals surface area contributed by atoms with E-state index in [1.54, 1.807) is 0 Å². The summed E-state index contributed by atoms with van der Waals surface area (Å²) in [5.74, 6) is -0.656. The molecule has 1 unspecified atom stereocenters. The summed E-state index contributed by atoms with van der Waals surface area (Å²) in [6, 6.07) is 0.